The highest BCUT2D eigenvalue weighted by Crippen LogP contribution is 2.28. The number of amides is 1. The van der Waals surface area contributed by atoms with Crippen molar-refractivity contribution in [2.24, 2.45) is 0 Å². The van der Waals surface area contributed by atoms with Crippen LogP contribution in [-0.4, -0.2) is 36.6 Å². The van der Waals surface area contributed by atoms with Crippen LogP contribution in [0.15, 0.2) is 78.2 Å². The number of thiazole rings is 1. The van der Waals surface area contributed by atoms with E-state index in [4.69, 9.17) is 9.47 Å². The van der Waals surface area contributed by atoms with Crippen molar-refractivity contribution in [2.75, 3.05) is 20.8 Å². The molecule has 0 saturated carbocycles. The number of carbonyl (C=O) groups is 1. The van der Waals surface area contributed by atoms with Crippen molar-refractivity contribution in [3.05, 3.63) is 111 Å². The summed E-state index contributed by atoms with van der Waals surface area (Å²) < 4.78 is 24.3. The lowest BCUT2D eigenvalue weighted by atomic mass is 10.1. The molecule has 0 radical (unpaired) electrons. The third kappa shape index (κ3) is 7.40. The molecule has 4 aromatic rings. The first kappa shape index (κ1) is 27.3. The van der Waals surface area contributed by atoms with E-state index in [0.29, 0.717) is 30.3 Å². The lowest BCUT2D eigenvalue weighted by molar-refractivity contribution is 0.0935. The minimum absolute atomic E-state index is 0.120. The van der Waals surface area contributed by atoms with Crippen LogP contribution in [0.5, 0.6) is 11.5 Å². The molecule has 0 bridgehead atoms. The maximum absolute atomic E-state index is 13.5. The van der Waals surface area contributed by atoms with E-state index >= 15 is 0 Å². The summed E-state index contributed by atoms with van der Waals surface area (Å²) in [6.45, 7) is 3.88. The maximum Gasteiger partial charge on any atom is 0.271 e. The van der Waals surface area contributed by atoms with Gasteiger partial charge >= 0.3 is 0 Å². The normalized spacial score (nSPS) is 11.8. The highest BCUT2D eigenvalue weighted by molar-refractivity contribution is 7.09. The van der Waals surface area contributed by atoms with Crippen molar-refractivity contribution < 1.29 is 18.7 Å². The Kier molecular flexibility index (Phi) is 9.46. The number of methoxy groups -OCH3 is 2. The molecule has 0 fully saturated rings. The predicted molar refractivity (Wildman–Crippen MR) is 148 cm³/mol. The molecule has 6 nitrogen and oxygen atoms in total. The second-order valence-corrected chi connectivity index (χ2v) is 9.95. The smallest absolute Gasteiger partial charge is 0.271 e. The van der Waals surface area contributed by atoms with Gasteiger partial charge in [-0.15, -0.1) is 11.3 Å². The average Bonchev–Trinajstić information content (AvgIpc) is 3.42. The first-order chi connectivity index (χ1) is 18.4. The Morgan fingerprint density at radius 3 is 2.39 bits per heavy atom. The standard InChI is InChI=1S/C30H32FN3O3S/c1-21(24-7-5-4-6-8-24)32-30(35)26-20-38-29(33-26)19-34(18-23-9-12-25(31)13-10-23)16-15-22-11-14-27(36-2)28(17-22)37-3/h4-14,17,20-21H,15-16,18-19H2,1-3H3,(H,32,35). The van der Waals surface area contributed by atoms with Crippen LogP contribution in [0.25, 0.3) is 0 Å². The van der Waals surface area contributed by atoms with E-state index in [1.165, 1.54) is 23.5 Å². The van der Waals surface area contributed by atoms with Crippen molar-refractivity contribution in [1.29, 1.82) is 0 Å². The van der Waals surface area contributed by atoms with E-state index in [0.717, 1.165) is 34.7 Å². The summed E-state index contributed by atoms with van der Waals surface area (Å²) in [6.07, 6.45) is 0.773. The zero-order chi connectivity index (χ0) is 26.9. The Morgan fingerprint density at radius 1 is 0.974 bits per heavy atom. The van der Waals surface area contributed by atoms with Crippen molar-refractivity contribution in [2.45, 2.75) is 32.5 Å². The molecule has 3 aromatic carbocycles. The summed E-state index contributed by atoms with van der Waals surface area (Å²) in [6, 6.07) is 22.2. The number of halogens is 1. The van der Waals surface area contributed by atoms with E-state index in [2.05, 4.69) is 15.2 Å². The van der Waals surface area contributed by atoms with Gasteiger partial charge in [-0.25, -0.2) is 9.37 Å². The Labute approximate surface area is 227 Å². The minimum Gasteiger partial charge on any atom is -0.493 e. The van der Waals surface area contributed by atoms with Crippen molar-refractivity contribution in [3.8, 4) is 11.5 Å². The largest absolute Gasteiger partial charge is 0.493 e. The number of benzene rings is 3. The van der Waals surface area contributed by atoms with E-state index < -0.39 is 0 Å². The quantitative estimate of drug-likeness (QED) is 0.241. The second kappa shape index (κ2) is 13.2. The van der Waals surface area contributed by atoms with Gasteiger partial charge in [-0.1, -0.05) is 48.5 Å². The molecule has 1 amide bonds. The maximum atomic E-state index is 13.5. The van der Waals surface area contributed by atoms with Crippen molar-refractivity contribution >= 4 is 17.2 Å². The lowest BCUT2D eigenvalue weighted by Gasteiger charge is -2.22. The van der Waals surface area contributed by atoms with Gasteiger partial charge in [0, 0.05) is 18.5 Å². The second-order valence-electron chi connectivity index (χ2n) is 9.01. The molecule has 4 rings (SSSR count). The summed E-state index contributed by atoms with van der Waals surface area (Å²) >= 11 is 1.46. The average molecular weight is 534 g/mol. The summed E-state index contributed by atoms with van der Waals surface area (Å²) in [5.41, 5.74) is 3.57. The van der Waals surface area contributed by atoms with Crippen LogP contribution in [0.1, 0.15) is 45.2 Å². The van der Waals surface area contributed by atoms with Gasteiger partial charge < -0.3 is 14.8 Å². The molecular formula is C30H32FN3O3S. The van der Waals surface area contributed by atoms with Gasteiger partial charge in [-0.05, 0) is 54.3 Å². The number of aromatic nitrogens is 1. The number of ether oxygens (including phenoxy) is 2. The number of nitrogens with zero attached hydrogens (tertiary/aromatic N) is 2. The Morgan fingerprint density at radius 2 is 1.68 bits per heavy atom. The van der Waals surface area contributed by atoms with Crippen LogP contribution in [0.4, 0.5) is 4.39 Å². The van der Waals surface area contributed by atoms with Crippen LogP contribution in [0, 0.1) is 5.82 Å². The van der Waals surface area contributed by atoms with E-state index in [1.807, 2.05) is 55.5 Å². The van der Waals surface area contributed by atoms with Gasteiger partial charge in [0.1, 0.15) is 16.5 Å². The first-order valence-electron chi connectivity index (χ1n) is 12.4. The van der Waals surface area contributed by atoms with Crippen LogP contribution < -0.4 is 14.8 Å². The third-order valence-corrected chi connectivity index (χ3v) is 7.11. The first-order valence-corrected chi connectivity index (χ1v) is 13.3. The molecular weight excluding hydrogens is 501 g/mol. The minimum atomic E-state index is -0.258. The van der Waals surface area contributed by atoms with Gasteiger partial charge in [0.2, 0.25) is 0 Å². The third-order valence-electron chi connectivity index (χ3n) is 6.27. The van der Waals surface area contributed by atoms with E-state index in [9.17, 15) is 9.18 Å². The molecule has 8 heteroatoms. The molecule has 0 aliphatic carbocycles. The molecule has 1 atom stereocenters. The molecule has 198 valence electrons. The monoisotopic (exact) mass is 533 g/mol. The molecule has 0 spiro atoms. The fraction of sp³-hybridized carbons (Fsp3) is 0.267. The van der Waals surface area contributed by atoms with Gasteiger partial charge in [0.05, 0.1) is 26.8 Å². The molecule has 38 heavy (non-hydrogen) atoms. The Bertz CT molecular complexity index is 1330. The molecule has 0 aliphatic rings. The number of carbonyl (C=O) groups excluding carboxylic acids is 1. The highest BCUT2D eigenvalue weighted by Gasteiger charge is 2.17. The van der Waals surface area contributed by atoms with Crippen LogP contribution in [0.2, 0.25) is 0 Å². The molecule has 1 aromatic heterocycles. The number of nitrogens with one attached hydrogen (secondary N) is 1. The zero-order valence-electron chi connectivity index (χ0n) is 21.8. The summed E-state index contributed by atoms with van der Waals surface area (Å²) in [5, 5.41) is 5.67. The summed E-state index contributed by atoms with van der Waals surface area (Å²) in [5.74, 6) is 0.926. The topological polar surface area (TPSA) is 63.7 Å². The fourth-order valence-corrected chi connectivity index (χ4v) is 4.98. The molecule has 1 heterocycles. The van der Waals surface area contributed by atoms with Crippen molar-refractivity contribution in [1.82, 2.24) is 15.2 Å². The SMILES string of the molecule is COc1ccc(CCN(Cc2ccc(F)cc2)Cc2nc(C(=O)NC(C)c3ccccc3)cs2)cc1OC. The van der Waals surface area contributed by atoms with Gasteiger partial charge in [0.15, 0.2) is 11.5 Å². The van der Waals surface area contributed by atoms with Crippen LogP contribution >= 0.6 is 11.3 Å². The number of hydrogen-bond acceptors (Lipinski definition) is 6. The van der Waals surface area contributed by atoms with Crippen LogP contribution in [-0.2, 0) is 19.5 Å². The fourth-order valence-electron chi connectivity index (χ4n) is 4.16. The van der Waals surface area contributed by atoms with Gasteiger partial charge in [-0.3, -0.25) is 9.69 Å². The van der Waals surface area contributed by atoms with Gasteiger partial charge in [0.25, 0.3) is 5.91 Å². The van der Waals surface area contributed by atoms with Gasteiger partial charge in [-0.2, -0.15) is 0 Å². The summed E-state index contributed by atoms with van der Waals surface area (Å²) in [7, 11) is 3.24. The molecule has 0 aliphatic heterocycles. The lowest BCUT2D eigenvalue weighted by Crippen LogP contribution is -2.27. The predicted octanol–water partition coefficient (Wildman–Crippen LogP) is 6.04. The highest BCUT2D eigenvalue weighted by atomic mass is 32.1. The van der Waals surface area contributed by atoms with E-state index in [-0.39, 0.29) is 17.8 Å². The molecule has 1 unspecified atom stereocenters. The van der Waals surface area contributed by atoms with Crippen molar-refractivity contribution in [3.63, 3.8) is 0 Å². The number of hydrogen-bond donors (Lipinski definition) is 1. The molecule has 0 saturated heterocycles. The Balaban J connectivity index is 1.44. The molecule has 1 N–H and O–H groups in total. The van der Waals surface area contributed by atoms with E-state index in [1.54, 1.807) is 31.7 Å². The zero-order valence-corrected chi connectivity index (χ0v) is 22.6. The van der Waals surface area contributed by atoms with Crippen LogP contribution in [0.3, 0.4) is 0 Å². The Hall–Kier alpha value is -3.75. The number of rotatable bonds is 12. The summed E-state index contributed by atoms with van der Waals surface area (Å²) in [4.78, 5) is 19.7.